The number of nitrogens with one attached hydrogen (secondary N) is 1. The molecular weight excluding hydrogens is 319 g/mol. The fourth-order valence-electron chi connectivity index (χ4n) is 2.13. The first-order valence-corrected chi connectivity index (χ1v) is 7.63. The molecule has 0 saturated carbocycles. The summed E-state index contributed by atoms with van der Waals surface area (Å²) >= 11 is 14.0. The van der Waals surface area contributed by atoms with Crippen LogP contribution in [0, 0.1) is 0 Å². The number of hydrogen-bond acceptors (Lipinski definition) is 3. The first-order chi connectivity index (χ1) is 9.44. The summed E-state index contributed by atoms with van der Waals surface area (Å²) in [6.45, 7) is 0.678. The smallest absolute Gasteiger partial charge is 0.303 e. The molecule has 1 aromatic rings. The first kappa shape index (κ1) is 15.5. The van der Waals surface area contributed by atoms with E-state index in [4.69, 9.17) is 28.3 Å². The van der Waals surface area contributed by atoms with Crippen molar-refractivity contribution in [2.75, 3.05) is 13.6 Å². The lowest BCUT2D eigenvalue weighted by molar-refractivity contribution is -0.692. The van der Waals surface area contributed by atoms with Crippen molar-refractivity contribution in [1.82, 2.24) is 4.72 Å². The van der Waals surface area contributed by atoms with Crippen LogP contribution < -0.4 is 4.72 Å². The van der Waals surface area contributed by atoms with Crippen LogP contribution in [0.4, 0.5) is 0 Å². The number of carboxylic acids is 1. The van der Waals surface area contributed by atoms with Gasteiger partial charge in [-0.3, -0.25) is 9.52 Å². The van der Waals surface area contributed by atoms with Gasteiger partial charge in [-0.1, -0.05) is 29.3 Å². The Morgan fingerprint density at radius 3 is 2.65 bits per heavy atom. The molecule has 2 N–H and O–H groups in total. The van der Waals surface area contributed by atoms with E-state index in [1.165, 1.54) is 12.1 Å². The number of benzene rings is 1. The Morgan fingerprint density at radius 2 is 2.05 bits per heavy atom. The fourth-order valence-corrected chi connectivity index (χ4v) is 3.58. The summed E-state index contributed by atoms with van der Waals surface area (Å²) < 4.78 is 3.61. The van der Waals surface area contributed by atoms with Gasteiger partial charge < -0.3 is 5.11 Å². The SMILES string of the molecule is C[N+]1(CCCC(=O)O)SNC=C1c1c(Cl)cccc1Cl. The molecule has 1 unspecified atom stereocenters. The van der Waals surface area contributed by atoms with Gasteiger partial charge in [-0.15, -0.1) is 0 Å². The van der Waals surface area contributed by atoms with Crippen LogP contribution in [0.3, 0.4) is 0 Å². The molecule has 1 aromatic carbocycles. The summed E-state index contributed by atoms with van der Waals surface area (Å²) in [5.41, 5.74) is 1.75. The van der Waals surface area contributed by atoms with E-state index in [0.29, 0.717) is 26.9 Å². The third-order valence-corrected chi connectivity index (χ3v) is 4.79. The largest absolute Gasteiger partial charge is 0.481 e. The van der Waals surface area contributed by atoms with Crippen molar-refractivity contribution in [2.24, 2.45) is 0 Å². The van der Waals surface area contributed by atoms with E-state index in [1.807, 2.05) is 13.2 Å². The first-order valence-electron chi connectivity index (χ1n) is 6.10. The molecular formula is C13H15Cl2N2O2S+. The van der Waals surface area contributed by atoms with E-state index < -0.39 is 5.97 Å². The van der Waals surface area contributed by atoms with Gasteiger partial charge in [0.1, 0.15) is 0 Å². The third-order valence-electron chi connectivity index (χ3n) is 3.15. The molecule has 0 fully saturated rings. The van der Waals surface area contributed by atoms with Gasteiger partial charge in [-0.2, -0.15) is 0 Å². The molecule has 0 radical (unpaired) electrons. The summed E-state index contributed by atoms with van der Waals surface area (Å²) in [6, 6.07) is 5.40. The molecule has 20 heavy (non-hydrogen) atoms. The van der Waals surface area contributed by atoms with Gasteiger partial charge in [-0.25, -0.2) is 3.89 Å². The number of rotatable bonds is 5. The maximum Gasteiger partial charge on any atom is 0.303 e. The molecule has 2 rings (SSSR count). The molecule has 1 heterocycles. The Hall–Kier alpha value is -0.880. The molecule has 0 bridgehead atoms. The van der Waals surface area contributed by atoms with E-state index in [9.17, 15) is 4.79 Å². The maximum atomic E-state index is 10.7. The van der Waals surface area contributed by atoms with Crippen molar-refractivity contribution < 1.29 is 13.8 Å². The van der Waals surface area contributed by atoms with Gasteiger partial charge in [0.15, 0.2) is 5.70 Å². The van der Waals surface area contributed by atoms with Crippen molar-refractivity contribution in [3.8, 4) is 0 Å². The molecule has 7 heteroatoms. The van der Waals surface area contributed by atoms with Crippen molar-refractivity contribution >= 4 is 47.0 Å². The Balaban J connectivity index is 2.24. The van der Waals surface area contributed by atoms with Crippen molar-refractivity contribution in [2.45, 2.75) is 12.8 Å². The van der Waals surface area contributed by atoms with Gasteiger partial charge in [0, 0.05) is 6.42 Å². The number of carbonyl (C=O) groups is 1. The Bertz CT molecular complexity index is 545. The number of hydrogen-bond donors (Lipinski definition) is 2. The molecule has 0 saturated heterocycles. The third kappa shape index (κ3) is 3.23. The number of aliphatic carboxylic acids is 1. The minimum Gasteiger partial charge on any atom is -0.481 e. The van der Waals surface area contributed by atoms with E-state index in [2.05, 4.69) is 4.72 Å². The minimum absolute atomic E-state index is 0.151. The molecule has 1 aliphatic heterocycles. The predicted octanol–water partition coefficient (Wildman–Crippen LogP) is 3.77. The zero-order valence-corrected chi connectivity index (χ0v) is 13.2. The van der Waals surface area contributed by atoms with Crippen LogP contribution in [0.2, 0.25) is 10.0 Å². The second-order valence-electron chi connectivity index (χ2n) is 4.66. The van der Waals surface area contributed by atoms with Crippen LogP contribution in [0.15, 0.2) is 24.4 Å². The highest BCUT2D eigenvalue weighted by atomic mass is 35.5. The molecule has 0 aliphatic carbocycles. The zero-order valence-electron chi connectivity index (χ0n) is 10.9. The lowest BCUT2D eigenvalue weighted by atomic mass is 10.1. The van der Waals surface area contributed by atoms with Crippen molar-refractivity contribution in [3.63, 3.8) is 0 Å². The summed E-state index contributed by atoms with van der Waals surface area (Å²) in [7, 11) is 2.01. The summed E-state index contributed by atoms with van der Waals surface area (Å²) in [6.07, 6.45) is 2.61. The topological polar surface area (TPSA) is 49.3 Å². The van der Waals surface area contributed by atoms with Crippen LogP contribution in [-0.2, 0) is 4.79 Å². The monoisotopic (exact) mass is 333 g/mol. The molecule has 0 spiro atoms. The lowest BCUT2D eigenvalue weighted by Crippen LogP contribution is -2.34. The highest BCUT2D eigenvalue weighted by molar-refractivity contribution is 7.92. The number of quaternary nitrogens is 1. The number of nitrogens with zero attached hydrogens (tertiary/aromatic N) is 1. The molecule has 0 amide bonds. The Morgan fingerprint density at radius 1 is 1.40 bits per heavy atom. The standard InChI is InChI=1S/C13H14Cl2N2O2S/c1-17(7-3-6-12(18)19)11(8-16-20-17)13-9(14)4-2-5-10(13)15/h2,4-5,8,16H,3,6-7H2,1H3/p+1. The van der Waals surface area contributed by atoms with Crippen LogP contribution in [-0.4, -0.2) is 28.6 Å². The summed E-state index contributed by atoms with van der Waals surface area (Å²) in [5, 5.41) is 9.94. The van der Waals surface area contributed by atoms with Gasteiger partial charge in [0.25, 0.3) is 0 Å². The van der Waals surface area contributed by atoms with Gasteiger partial charge in [-0.05, 0) is 12.1 Å². The van der Waals surface area contributed by atoms with Crippen molar-refractivity contribution in [1.29, 1.82) is 0 Å². The van der Waals surface area contributed by atoms with Gasteiger partial charge >= 0.3 is 5.97 Å². The molecule has 1 atom stereocenters. The van der Waals surface area contributed by atoms with E-state index in [-0.39, 0.29) is 6.42 Å². The highest BCUT2D eigenvalue weighted by Crippen LogP contribution is 2.42. The van der Waals surface area contributed by atoms with Crippen LogP contribution in [0.25, 0.3) is 5.70 Å². The Labute approximate surface area is 132 Å². The lowest BCUT2D eigenvalue weighted by Gasteiger charge is -2.28. The number of carboxylic acid groups (broad SMARTS) is 1. The van der Waals surface area contributed by atoms with E-state index >= 15 is 0 Å². The van der Waals surface area contributed by atoms with E-state index in [1.54, 1.807) is 18.2 Å². The Kier molecular flexibility index (Phi) is 4.86. The second kappa shape index (κ2) is 6.26. The normalized spacial score (nSPS) is 21.4. The van der Waals surface area contributed by atoms with Crippen LogP contribution in [0.1, 0.15) is 18.4 Å². The fraction of sp³-hybridized carbons (Fsp3) is 0.308. The molecule has 4 nitrogen and oxygen atoms in total. The quantitative estimate of drug-likeness (QED) is 0.636. The second-order valence-corrected chi connectivity index (χ2v) is 6.70. The zero-order chi connectivity index (χ0) is 14.8. The minimum atomic E-state index is -0.782. The van der Waals surface area contributed by atoms with Gasteiger partial charge in [0.05, 0.1) is 41.8 Å². The highest BCUT2D eigenvalue weighted by Gasteiger charge is 2.37. The van der Waals surface area contributed by atoms with Crippen LogP contribution in [0.5, 0.6) is 0 Å². The molecule has 1 aliphatic rings. The van der Waals surface area contributed by atoms with Crippen molar-refractivity contribution in [3.05, 3.63) is 40.0 Å². The average molecular weight is 334 g/mol. The maximum absolute atomic E-state index is 10.7. The number of halogens is 2. The molecule has 108 valence electrons. The predicted molar refractivity (Wildman–Crippen MR) is 83.1 cm³/mol. The van der Waals surface area contributed by atoms with E-state index in [0.717, 1.165) is 11.3 Å². The van der Waals surface area contributed by atoms with Gasteiger partial charge in [0.2, 0.25) is 12.1 Å². The summed E-state index contributed by atoms with van der Waals surface area (Å²) in [5.74, 6) is -0.782. The average Bonchev–Trinajstić information content (AvgIpc) is 2.71. The summed E-state index contributed by atoms with van der Waals surface area (Å²) in [4.78, 5) is 10.7. The van der Waals surface area contributed by atoms with Crippen LogP contribution >= 0.6 is 35.3 Å². The molecule has 0 aromatic heterocycles.